The van der Waals surface area contributed by atoms with Crippen molar-refractivity contribution in [1.82, 2.24) is 10.3 Å². The Kier molecular flexibility index (Phi) is 6.16. The van der Waals surface area contributed by atoms with E-state index in [4.69, 9.17) is 17.0 Å². The minimum atomic E-state index is 0.0406. The zero-order chi connectivity index (χ0) is 14.5. The molecular formula is C13H22N2O2S2. The van der Waals surface area contributed by atoms with Gasteiger partial charge in [-0.05, 0) is 31.0 Å². The molecule has 1 heterocycles. The van der Waals surface area contributed by atoms with Crippen LogP contribution in [0.15, 0.2) is 0 Å². The number of aromatic amines is 1. The zero-order valence-electron chi connectivity index (χ0n) is 12.0. The Morgan fingerprint density at radius 1 is 1.53 bits per heavy atom. The summed E-state index contributed by atoms with van der Waals surface area (Å²) >= 11 is 6.53. The summed E-state index contributed by atoms with van der Waals surface area (Å²) in [4.78, 5) is 16.0. The van der Waals surface area contributed by atoms with Crippen molar-refractivity contribution in [2.45, 2.75) is 33.6 Å². The highest BCUT2D eigenvalue weighted by Crippen LogP contribution is 2.19. The van der Waals surface area contributed by atoms with Gasteiger partial charge in [0.2, 0.25) is 5.91 Å². The summed E-state index contributed by atoms with van der Waals surface area (Å²) in [5.74, 6) is 0.0406. The molecule has 1 amide bonds. The molecule has 0 radical (unpaired) electrons. The van der Waals surface area contributed by atoms with E-state index in [0.717, 1.165) is 20.9 Å². The lowest BCUT2D eigenvalue weighted by molar-refractivity contribution is -0.120. The first-order chi connectivity index (χ1) is 8.84. The highest BCUT2D eigenvalue weighted by atomic mass is 32.1. The lowest BCUT2D eigenvalue weighted by Gasteiger charge is -2.24. The molecule has 2 N–H and O–H groups in total. The number of hydrogen-bond donors (Lipinski definition) is 2. The van der Waals surface area contributed by atoms with Gasteiger partial charge >= 0.3 is 0 Å². The number of amides is 1. The lowest BCUT2D eigenvalue weighted by Crippen LogP contribution is -2.35. The Morgan fingerprint density at radius 3 is 2.74 bits per heavy atom. The zero-order valence-corrected chi connectivity index (χ0v) is 13.6. The van der Waals surface area contributed by atoms with E-state index in [2.05, 4.69) is 24.1 Å². The van der Waals surface area contributed by atoms with Gasteiger partial charge in [-0.25, -0.2) is 0 Å². The Labute approximate surface area is 123 Å². The second-order valence-electron chi connectivity index (χ2n) is 5.42. The molecule has 0 spiro atoms. The smallest absolute Gasteiger partial charge is 0.225 e. The number of nitrogens with one attached hydrogen (secondary N) is 2. The fourth-order valence-electron chi connectivity index (χ4n) is 1.62. The van der Waals surface area contributed by atoms with E-state index in [-0.39, 0.29) is 11.3 Å². The van der Waals surface area contributed by atoms with E-state index >= 15 is 0 Å². The minimum Gasteiger partial charge on any atom is -0.385 e. The minimum absolute atomic E-state index is 0.0406. The Hall–Kier alpha value is -0.720. The molecule has 6 heteroatoms. The maximum Gasteiger partial charge on any atom is 0.225 e. The van der Waals surface area contributed by atoms with Gasteiger partial charge in [0.15, 0.2) is 3.95 Å². The summed E-state index contributed by atoms with van der Waals surface area (Å²) in [6.45, 7) is 7.55. The first-order valence-corrected chi connectivity index (χ1v) is 7.51. The monoisotopic (exact) mass is 302 g/mol. The summed E-state index contributed by atoms with van der Waals surface area (Å²) in [6.07, 6.45) is 1.32. The number of aromatic nitrogens is 1. The predicted molar refractivity (Wildman–Crippen MR) is 81.2 cm³/mol. The van der Waals surface area contributed by atoms with Crippen LogP contribution >= 0.6 is 23.6 Å². The molecule has 0 aliphatic heterocycles. The number of rotatable bonds is 7. The predicted octanol–water partition coefficient (Wildman–Crippen LogP) is 2.84. The van der Waals surface area contributed by atoms with Crippen LogP contribution in [0.5, 0.6) is 0 Å². The summed E-state index contributed by atoms with van der Waals surface area (Å²) in [5.41, 5.74) is 1.04. The van der Waals surface area contributed by atoms with Crippen molar-refractivity contribution in [3.63, 3.8) is 0 Å². The molecule has 0 fully saturated rings. The maximum atomic E-state index is 11.9. The topological polar surface area (TPSA) is 54.1 Å². The van der Waals surface area contributed by atoms with Crippen LogP contribution in [0.1, 0.15) is 30.8 Å². The van der Waals surface area contributed by atoms with Crippen molar-refractivity contribution in [3.05, 3.63) is 14.5 Å². The van der Waals surface area contributed by atoms with Gasteiger partial charge in [-0.1, -0.05) is 13.8 Å². The van der Waals surface area contributed by atoms with Crippen LogP contribution in [0, 0.1) is 16.3 Å². The van der Waals surface area contributed by atoms with Gasteiger partial charge in [0, 0.05) is 30.8 Å². The molecular weight excluding hydrogens is 280 g/mol. The normalized spacial score (nSPS) is 11.6. The number of methoxy groups -OCH3 is 1. The molecule has 0 aromatic carbocycles. The molecule has 1 rings (SSSR count). The molecule has 0 unspecified atom stereocenters. The number of H-pyrrole nitrogens is 1. The number of carbonyl (C=O) groups excluding carboxylic acids is 1. The van der Waals surface area contributed by atoms with Crippen molar-refractivity contribution >= 4 is 29.5 Å². The SMILES string of the molecule is COCCC(C)(C)CNC(=O)Cc1sc(=S)[nH]c1C. The van der Waals surface area contributed by atoms with Crippen molar-refractivity contribution in [1.29, 1.82) is 0 Å². The molecule has 1 aromatic heterocycles. The van der Waals surface area contributed by atoms with E-state index in [1.54, 1.807) is 7.11 Å². The third-order valence-corrected chi connectivity index (χ3v) is 4.33. The van der Waals surface area contributed by atoms with Crippen molar-refractivity contribution in [3.8, 4) is 0 Å². The van der Waals surface area contributed by atoms with Gasteiger partial charge in [-0.15, -0.1) is 11.3 Å². The molecule has 1 aromatic rings. The molecule has 108 valence electrons. The number of thiazole rings is 1. The van der Waals surface area contributed by atoms with Gasteiger partial charge in [0.1, 0.15) is 0 Å². The van der Waals surface area contributed by atoms with Gasteiger partial charge < -0.3 is 15.0 Å². The van der Waals surface area contributed by atoms with Gasteiger partial charge in [-0.3, -0.25) is 4.79 Å². The average molecular weight is 302 g/mol. The Bertz CT molecular complexity index is 477. The van der Waals surface area contributed by atoms with Gasteiger partial charge in [0.05, 0.1) is 6.42 Å². The van der Waals surface area contributed by atoms with Crippen molar-refractivity contribution < 1.29 is 9.53 Å². The fourth-order valence-corrected chi connectivity index (χ4v) is 2.91. The summed E-state index contributed by atoms with van der Waals surface area (Å²) < 4.78 is 5.79. The maximum absolute atomic E-state index is 11.9. The van der Waals surface area contributed by atoms with E-state index < -0.39 is 0 Å². The van der Waals surface area contributed by atoms with E-state index in [9.17, 15) is 4.79 Å². The summed E-state index contributed by atoms with van der Waals surface area (Å²) in [7, 11) is 1.69. The second-order valence-corrected chi connectivity index (χ2v) is 7.20. The molecule has 0 atom stereocenters. The molecule has 0 saturated carbocycles. The first-order valence-electron chi connectivity index (χ1n) is 6.28. The third kappa shape index (κ3) is 5.84. The van der Waals surface area contributed by atoms with Crippen LogP contribution in [-0.4, -0.2) is 31.2 Å². The number of aryl methyl sites for hydroxylation is 1. The molecule has 0 aliphatic carbocycles. The van der Waals surface area contributed by atoms with Crippen LogP contribution in [0.4, 0.5) is 0 Å². The summed E-state index contributed by atoms with van der Waals surface area (Å²) in [5, 5.41) is 2.98. The Morgan fingerprint density at radius 2 is 2.21 bits per heavy atom. The van der Waals surface area contributed by atoms with E-state index in [1.165, 1.54) is 11.3 Å². The van der Waals surface area contributed by atoms with Crippen LogP contribution in [0.2, 0.25) is 0 Å². The van der Waals surface area contributed by atoms with Gasteiger partial charge in [-0.2, -0.15) is 0 Å². The first kappa shape index (κ1) is 16.3. The third-order valence-electron chi connectivity index (χ3n) is 2.99. The largest absolute Gasteiger partial charge is 0.385 e. The Balaban J connectivity index is 2.44. The van der Waals surface area contributed by atoms with Crippen LogP contribution in [0.3, 0.4) is 0 Å². The molecule has 0 saturated heterocycles. The van der Waals surface area contributed by atoms with Crippen molar-refractivity contribution in [2.75, 3.05) is 20.3 Å². The standard InChI is InChI=1S/C13H22N2O2S2/c1-9-10(19-12(18)15-9)7-11(16)14-8-13(2,3)5-6-17-4/h5-8H2,1-4H3,(H,14,16)(H,15,18). The van der Waals surface area contributed by atoms with Crippen LogP contribution < -0.4 is 5.32 Å². The van der Waals surface area contributed by atoms with E-state index in [1.807, 2.05) is 6.92 Å². The molecule has 0 aliphatic rings. The number of ether oxygens (including phenoxy) is 1. The highest BCUT2D eigenvalue weighted by molar-refractivity contribution is 7.73. The summed E-state index contributed by atoms with van der Waals surface area (Å²) in [6, 6.07) is 0. The lowest BCUT2D eigenvalue weighted by atomic mass is 9.89. The van der Waals surface area contributed by atoms with Crippen LogP contribution in [-0.2, 0) is 16.0 Å². The van der Waals surface area contributed by atoms with Gasteiger partial charge in [0.25, 0.3) is 0 Å². The molecule has 19 heavy (non-hydrogen) atoms. The fraction of sp³-hybridized carbons (Fsp3) is 0.692. The number of hydrogen-bond acceptors (Lipinski definition) is 4. The highest BCUT2D eigenvalue weighted by Gasteiger charge is 2.19. The second kappa shape index (κ2) is 7.17. The van der Waals surface area contributed by atoms with Crippen LogP contribution in [0.25, 0.3) is 0 Å². The quantitative estimate of drug-likeness (QED) is 0.762. The van der Waals surface area contributed by atoms with Crippen molar-refractivity contribution in [2.24, 2.45) is 5.41 Å². The average Bonchev–Trinajstić information content (AvgIpc) is 2.63. The molecule has 4 nitrogen and oxygen atoms in total. The number of carbonyl (C=O) groups is 1. The molecule has 0 bridgehead atoms. The van der Waals surface area contributed by atoms with E-state index in [0.29, 0.717) is 19.6 Å².